The zero-order valence-corrected chi connectivity index (χ0v) is 12.4. The van der Waals surface area contributed by atoms with Crippen molar-refractivity contribution in [2.75, 3.05) is 18.5 Å². The first-order chi connectivity index (χ1) is 9.81. The Morgan fingerprint density at radius 1 is 1.25 bits per heavy atom. The highest BCUT2D eigenvalue weighted by Gasteiger charge is 2.24. The fraction of sp³-hybridized carbons (Fsp3) is 0.471. The first kappa shape index (κ1) is 13.4. The summed E-state index contributed by atoms with van der Waals surface area (Å²) in [5.74, 6) is 1.13. The van der Waals surface area contributed by atoms with E-state index in [1.165, 1.54) is 35.6 Å². The van der Waals surface area contributed by atoms with Gasteiger partial charge in [-0.15, -0.1) is 0 Å². The Kier molecular flexibility index (Phi) is 3.88. The second-order valence-corrected chi connectivity index (χ2v) is 5.63. The van der Waals surface area contributed by atoms with E-state index in [0.29, 0.717) is 6.04 Å². The van der Waals surface area contributed by atoms with Gasteiger partial charge in [0.05, 0.1) is 0 Å². The molecule has 1 aromatic heterocycles. The molecule has 0 aliphatic heterocycles. The molecule has 0 spiro atoms. The molecule has 2 aromatic rings. The van der Waals surface area contributed by atoms with Gasteiger partial charge in [-0.2, -0.15) is 0 Å². The molecule has 1 aliphatic carbocycles. The first-order valence-electron chi connectivity index (χ1n) is 7.61. The van der Waals surface area contributed by atoms with Crippen LogP contribution in [-0.4, -0.2) is 24.6 Å². The second-order valence-electron chi connectivity index (χ2n) is 5.63. The van der Waals surface area contributed by atoms with Crippen molar-refractivity contribution in [2.24, 2.45) is 0 Å². The first-order valence-corrected chi connectivity index (χ1v) is 7.61. The van der Waals surface area contributed by atoms with Gasteiger partial charge in [-0.05, 0) is 36.8 Å². The van der Waals surface area contributed by atoms with E-state index in [1.807, 2.05) is 6.20 Å². The third kappa shape index (κ3) is 2.38. The molecule has 0 atom stereocenters. The van der Waals surface area contributed by atoms with Crippen LogP contribution in [0.15, 0.2) is 30.5 Å². The summed E-state index contributed by atoms with van der Waals surface area (Å²) in [5, 5.41) is 6.00. The number of anilines is 1. The molecule has 1 heterocycles. The van der Waals surface area contributed by atoms with Crippen molar-refractivity contribution in [1.82, 2.24) is 10.3 Å². The van der Waals surface area contributed by atoms with Crippen LogP contribution < -0.4 is 10.2 Å². The van der Waals surface area contributed by atoms with Gasteiger partial charge in [-0.3, -0.25) is 0 Å². The van der Waals surface area contributed by atoms with E-state index in [1.54, 1.807) is 0 Å². The quantitative estimate of drug-likeness (QED) is 0.902. The summed E-state index contributed by atoms with van der Waals surface area (Å²) in [6.07, 6.45) is 5.98. The van der Waals surface area contributed by atoms with Gasteiger partial charge in [-0.25, -0.2) is 4.98 Å². The minimum Gasteiger partial charge on any atom is -0.356 e. The van der Waals surface area contributed by atoms with Crippen LogP contribution in [0.25, 0.3) is 10.8 Å². The molecule has 106 valence electrons. The van der Waals surface area contributed by atoms with Crippen molar-refractivity contribution in [3.63, 3.8) is 0 Å². The van der Waals surface area contributed by atoms with Crippen molar-refractivity contribution in [3.8, 4) is 0 Å². The number of fused-ring (bicyclic) bond motifs is 1. The van der Waals surface area contributed by atoms with Crippen molar-refractivity contribution < 1.29 is 0 Å². The molecule has 1 N–H and O–H groups in total. The molecule has 20 heavy (non-hydrogen) atoms. The minimum atomic E-state index is 0.672. The standard InChI is InChI=1S/C17H23N3/c1-3-18-11-13-12-19-17(20(2)14-7-6-8-14)16-10-5-4-9-15(13)16/h4-5,9-10,12,14,18H,3,6-8,11H2,1-2H3. The van der Waals surface area contributed by atoms with Gasteiger partial charge in [0.2, 0.25) is 0 Å². The molecule has 1 saturated carbocycles. The number of aromatic nitrogens is 1. The number of nitrogens with one attached hydrogen (secondary N) is 1. The molecule has 0 saturated heterocycles. The van der Waals surface area contributed by atoms with Crippen molar-refractivity contribution in [3.05, 3.63) is 36.0 Å². The molecule has 1 fully saturated rings. The van der Waals surface area contributed by atoms with Crippen LogP contribution in [0.1, 0.15) is 31.7 Å². The Bertz CT molecular complexity index is 590. The van der Waals surface area contributed by atoms with Crippen molar-refractivity contribution in [1.29, 1.82) is 0 Å². The molecule has 0 radical (unpaired) electrons. The maximum absolute atomic E-state index is 4.75. The highest BCUT2D eigenvalue weighted by atomic mass is 15.2. The lowest BCUT2D eigenvalue weighted by Gasteiger charge is -2.36. The average Bonchev–Trinajstić information content (AvgIpc) is 2.42. The number of hydrogen-bond acceptors (Lipinski definition) is 3. The van der Waals surface area contributed by atoms with Gasteiger partial charge >= 0.3 is 0 Å². The fourth-order valence-corrected chi connectivity index (χ4v) is 2.86. The maximum Gasteiger partial charge on any atom is 0.136 e. The molecule has 1 aliphatic rings. The van der Waals surface area contributed by atoms with Crippen LogP contribution in [0.3, 0.4) is 0 Å². The smallest absolute Gasteiger partial charge is 0.136 e. The number of hydrogen-bond donors (Lipinski definition) is 1. The molecule has 1 aromatic carbocycles. The molecule has 3 heteroatoms. The van der Waals surface area contributed by atoms with Gasteiger partial charge in [0.15, 0.2) is 0 Å². The van der Waals surface area contributed by atoms with Crippen LogP contribution in [0, 0.1) is 0 Å². The van der Waals surface area contributed by atoms with E-state index >= 15 is 0 Å². The largest absolute Gasteiger partial charge is 0.356 e. The predicted octanol–water partition coefficient (Wildman–Crippen LogP) is 3.33. The molecular weight excluding hydrogens is 246 g/mol. The topological polar surface area (TPSA) is 28.2 Å². The summed E-state index contributed by atoms with van der Waals surface area (Å²) in [7, 11) is 2.18. The van der Waals surface area contributed by atoms with E-state index in [2.05, 4.69) is 48.5 Å². The summed E-state index contributed by atoms with van der Waals surface area (Å²) in [6, 6.07) is 9.30. The van der Waals surface area contributed by atoms with Gasteiger partial charge in [0.1, 0.15) is 5.82 Å². The van der Waals surface area contributed by atoms with Crippen LogP contribution in [0.2, 0.25) is 0 Å². The van der Waals surface area contributed by atoms with E-state index in [-0.39, 0.29) is 0 Å². The monoisotopic (exact) mass is 269 g/mol. The van der Waals surface area contributed by atoms with Crippen molar-refractivity contribution >= 4 is 16.6 Å². The molecule has 0 amide bonds. The third-order valence-corrected chi connectivity index (χ3v) is 4.38. The Morgan fingerprint density at radius 3 is 2.65 bits per heavy atom. The number of rotatable bonds is 5. The Morgan fingerprint density at radius 2 is 2.00 bits per heavy atom. The Hall–Kier alpha value is -1.61. The maximum atomic E-state index is 4.75. The number of pyridine rings is 1. The zero-order valence-electron chi connectivity index (χ0n) is 12.4. The molecule has 0 unspecified atom stereocenters. The summed E-state index contributed by atoms with van der Waals surface area (Å²) in [6.45, 7) is 4.00. The third-order valence-electron chi connectivity index (χ3n) is 4.38. The number of benzene rings is 1. The summed E-state index contributed by atoms with van der Waals surface area (Å²) in [4.78, 5) is 7.11. The lowest BCUT2D eigenvalue weighted by Crippen LogP contribution is -2.37. The highest BCUT2D eigenvalue weighted by molar-refractivity contribution is 5.94. The van der Waals surface area contributed by atoms with Gasteiger partial charge in [-0.1, -0.05) is 31.2 Å². The van der Waals surface area contributed by atoms with E-state index in [9.17, 15) is 0 Å². The molecule has 0 bridgehead atoms. The van der Waals surface area contributed by atoms with Gasteiger partial charge in [0.25, 0.3) is 0 Å². The van der Waals surface area contributed by atoms with Crippen LogP contribution >= 0.6 is 0 Å². The zero-order chi connectivity index (χ0) is 13.9. The molecule has 3 nitrogen and oxygen atoms in total. The summed E-state index contributed by atoms with van der Waals surface area (Å²) in [5.41, 5.74) is 1.29. The lowest BCUT2D eigenvalue weighted by molar-refractivity contribution is 0.400. The van der Waals surface area contributed by atoms with Crippen LogP contribution in [0.5, 0.6) is 0 Å². The van der Waals surface area contributed by atoms with Gasteiger partial charge < -0.3 is 10.2 Å². The predicted molar refractivity (Wildman–Crippen MR) is 85.2 cm³/mol. The summed E-state index contributed by atoms with van der Waals surface area (Å²) < 4.78 is 0. The fourth-order valence-electron chi connectivity index (χ4n) is 2.86. The molecule has 3 rings (SSSR count). The van der Waals surface area contributed by atoms with Crippen LogP contribution in [-0.2, 0) is 6.54 Å². The number of nitrogens with zero attached hydrogens (tertiary/aromatic N) is 2. The van der Waals surface area contributed by atoms with Crippen LogP contribution in [0.4, 0.5) is 5.82 Å². The van der Waals surface area contributed by atoms with E-state index in [4.69, 9.17) is 4.98 Å². The normalized spacial score (nSPS) is 15.3. The summed E-state index contributed by atoms with van der Waals surface area (Å²) >= 11 is 0. The molecular formula is C17H23N3. The Labute approximate surface area is 121 Å². The van der Waals surface area contributed by atoms with Crippen molar-refractivity contribution in [2.45, 2.75) is 38.8 Å². The van der Waals surface area contributed by atoms with Gasteiger partial charge in [0, 0.05) is 31.2 Å². The van der Waals surface area contributed by atoms with E-state index in [0.717, 1.165) is 18.9 Å². The Balaban J connectivity index is 2.01. The highest BCUT2D eigenvalue weighted by Crippen LogP contribution is 2.32. The average molecular weight is 269 g/mol. The van der Waals surface area contributed by atoms with E-state index < -0.39 is 0 Å². The lowest BCUT2D eigenvalue weighted by atomic mass is 9.91. The SMILES string of the molecule is CCNCc1cnc(N(C)C2CCC2)c2ccccc12. The minimum absolute atomic E-state index is 0.672. The second kappa shape index (κ2) is 5.80.